The number of nitrogens with zero attached hydrogens (tertiary/aromatic N) is 2. The molecule has 0 fully saturated rings. The molecule has 100 valence electrons. The van der Waals surface area contributed by atoms with Gasteiger partial charge in [0.1, 0.15) is 0 Å². The molecule has 0 atom stereocenters. The number of aromatic nitrogens is 2. The van der Waals surface area contributed by atoms with Gasteiger partial charge >= 0.3 is 5.97 Å². The number of amides is 1. The van der Waals surface area contributed by atoms with Crippen LogP contribution >= 0.6 is 0 Å². The highest BCUT2D eigenvalue weighted by molar-refractivity contribution is 5.93. The van der Waals surface area contributed by atoms with Crippen LogP contribution in [0.1, 0.15) is 19.3 Å². The summed E-state index contributed by atoms with van der Waals surface area (Å²) in [6.45, 7) is 0. The second kappa shape index (κ2) is 5.51. The number of anilines is 1. The minimum atomic E-state index is -0.886. The van der Waals surface area contributed by atoms with Gasteiger partial charge in [-0.15, -0.1) is 0 Å². The van der Waals surface area contributed by atoms with Gasteiger partial charge in [-0.1, -0.05) is 0 Å². The largest absolute Gasteiger partial charge is 0.481 e. The van der Waals surface area contributed by atoms with E-state index >= 15 is 0 Å². The normalized spacial score (nSPS) is 10.6. The van der Waals surface area contributed by atoms with Gasteiger partial charge in [-0.2, -0.15) is 0 Å². The van der Waals surface area contributed by atoms with Gasteiger partial charge in [-0.25, -0.2) is 4.98 Å². The number of carbonyl (C=O) groups is 2. The number of nitrogens with one attached hydrogen (secondary N) is 1. The maximum atomic E-state index is 11.6. The highest BCUT2D eigenvalue weighted by Gasteiger charge is 2.06. The third-order valence-corrected chi connectivity index (χ3v) is 2.80. The zero-order valence-electron chi connectivity index (χ0n) is 10.6. The molecule has 0 unspecified atom stereocenters. The summed E-state index contributed by atoms with van der Waals surface area (Å²) >= 11 is 0. The number of rotatable bonds is 5. The molecule has 0 aliphatic heterocycles. The number of benzene rings is 1. The molecule has 2 aromatic rings. The lowest BCUT2D eigenvalue weighted by molar-refractivity contribution is -0.137. The fraction of sp³-hybridized carbons (Fsp3) is 0.308. The van der Waals surface area contributed by atoms with Crippen molar-refractivity contribution in [3.8, 4) is 0 Å². The summed E-state index contributed by atoms with van der Waals surface area (Å²) in [6, 6.07) is 5.48. The second-order valence-electron chi connectivity index (χ2n) is 4.35. The summed E-state index contributed by atoms with van der Waals surface area (Å²) in [5.74, 6) is -1.07. The van der Waals surface area contributed by atoms with Crippen LogP contribution in [0.5, 0.6) is 0 Å². The fourth-order valence-electron chi connectivity index (χ4n) is 1.84. The van der Waals surface area contributed by atoms with E-state index in [2.05, 4.69) is 10.3 Å². The quantitative estimate of drug-likeness (QED) is 0.859. The standard InChI is InChI=1S/C13H15N3O3/c1-16-8-14-10-7-9(5-6-11(10)16)15-12(17)3-2-4-13(18)19/h5-8H,2-4H2,1H3,(H,15,17)(H,18,19). The topological polar surface area (TPSA) is 84.2 Å². The number of aryl methyl sites for hydroxylation is 1. The number of hydrogen-bond acceptors (Lipinski definition) is 3. The third kappa shape index (κ3) is 3.31. The zero-order valence-corrected chi connectivity index (χ0v) is 10.6. The lowest BCUT2D eigenvalue weighted by Gasteiger charge is -2.04. The van der Waals surface area contributed by atoms with E-state index in [9.17, 15) is 9.59 Å². The van der Waals surface area contributed by atoms with E-state index in [0.29, 0.717) is 12.1 Å². The Kier molecular flexibility index (Phi) is 3.79. The Morgan fingerprint density at radius 3 is 2.89 bits per heavy atom. The van der Waals surface area contributed by atoms with Crippen LogP contribution < -0.4 is 5.32 Å². The number of carbonyl (C=O) groups excluding carboxylic acids is 1. The minimum absolute atomic E-state index is 0.00664. The van der Waals surface area contributed by atoms with Crippen molar-refractivity contribution in [3.63, 3.8) is 0 Å². The summed E-state index contributed by atoms with van der Waals surface area (Å²) < 4.78 is 1.90. The number of aliphatic carboxylic acids is 1. The van der Waals surface area contributed by atoms with Crippen molar-refractivity contribution in [1.82, 2.24) is 9.55 Å². The predicted octanol–water partition coefficient (Wildman–Crippen LogP) is 1.77. The molecule has 0 aliphatic carbocycles. The lowest BCUT2D eigenvalue weighted by Crippen LogP contribution is -2.11. The molecule has 2 N–H and O–H groups in total. The van der Waals surface area contributed by atoms with E-state index in [1.165, 1.54) is 0 Å². The molecule has 19 heavy (non-hydrogen) atoms. The van der Waals surface area contributed by atoms with Crippen molar-refractivity contribution in [3.05, 3.63) is 24.5 Å². The highest BCUT2D eigenvalue weighted by Crippen LogP contribution is 2.17. The second-order valence-corrected chi connectivity index (χ2v) is 4.35. The summed E-state index contributed by atoms with van der Waals surface area (Å²) in [5.41, 5.74) is 2.47. The third-order valence-electron chi connectivity index (χ3n) is 2.80. The average Bonchev–Trinajstić information content (AvgIpc) is 2.70. The lowest BCUT2D eigenvalue weighted by atomic mass is 10.2. The van der Waals surface area contributed by atoms with E-state index in [1.54, 1.807) is 18.5 Å². The molecule has 2 rings (SSSR count). The van der Waals surface area contributed by atoms with Crippen molar-refractivity contribution in [2.24, 2.45) is 7.05 Å². The number of fused-ring (bicyclic) bond motifs is 1. The van der Waals surface area contributed by atoms with Gasteiger partial charge in [-0.3, -0.25) is 9.59 Å². The van der Waals surface area contributed by atoms with Gasteiger partial charge in [0, 0.05) is 25.6 Å². The van der Waals surface area contributed by atoms with Crippen LogP contribution in [0, 0.1) is 0 Å². The Labute approximate surface area is 110 Å². The molecule has 0 radical (unpaired) electrons. The van der Waals surface area contributed by atoms with Gasteiger partial charge < -0.3 is 15.0 Å². The van der Waals surface area contributed by atoms with Crippen LogP contribution in [0.15, 0.2) is 24.5 Å². The molecule has 1 aromatic heterocycles. The highest BCUT2D eigenvalue weighted by atomic mass is 16.4. The molecule has 1 amide bonds. The Hall–Kier alpha value is -2.37. The summed E-state index contributed by atoms with van der Waals surface area (Å²) in [4.78, 5) is 26.2. The van der Waals surface area contributed by atoms with Crippen LogP contribution in [0.3, 0.4) is 0 Å². The molecule has 0 spiro atoms. The summed E-state index contributed by atoms with van der Waals surface area (Å²) in [5, 5.41) is 11.2. The molecular formula is C13H15N3O3. The van der Waals surface area contributed by atoms with Crippen LogP contribution in [0.2, 0.25) is 0 Å². The molecular weight excluding hydrogens is 246 g/mol. The first-order valence-corrected chi connectivity index (χ1v) is 5.99. The van der Waals surface area contributed by atoms with E-state index in [1.807, 2.05) is 17.7 Å². The maximum Gasteiger partial charge on any atom is 0.303 e. The van der Waals surface area contributed by atoms with E-state index < -0.39 is 5.97 Å². The number of carboxylic acids is 1. The van der Waals surface area contributed by atoms with Crippen molar-refractivity contribution in [1.29, 1.82) is 0 Å². The molecule has 0 aliphatic rings. The van der Waals surface area contributed by atoms with Gasteiger partial charge in [0.15, 0.2) is 0 Å². The maximum absolute atomic E-state index is 11.6. The molecule has 1 heterocycles. The van der Waals surface area contributed by atoms with Crippen LogP contribution in [0.25, 0.3) is 11.0 Å². The molecule has 0 saturated carbocycles. The first kappa shape index (κ1) is 13.1. The molecule has 0 saturated heterocycles. The van der Waals surface area contributed by atoms with E-state index in [-0.39, 0.29) is 18.7 Å². The number of carboxylic acid groups (broad SMARTS) is 1. The summed E-state index contributed by atoms with van der Waals surface area (Å²) in [6.07, 6.45) is 2.26. The zero-order chi connectivity index (χ0) is 13.8. The van der Waals surface area contributed by atoms with Crippen molar-refractivity contribution < 1.29 is 14.7 Å². The average molecular weight is 261 g/mol. The van der Waals surface area contributed by atoms with Crippen molar-refractivity contribution in [2.75, 3.05) is 5.32 Å². The predicted molar refractivity (Wildman–Crippen MR) is 70.8 cm³/mol. The molecule has 0 bridgehead atoms. The van der Waals surface area contributed by atoms with Crippen molar-refractivity contribution in [2.45, 2.75) is 19.3 Å². The van der Waals surface area contributed by atoms with Crippen LogP contribution in [-0.4, -0.2) is 26.5 Å². The van der Waals surface area contributed by atoms with Gasteiger partial charge in [-0.05, 0) is 24.6 Å². The molecule has 1 aromatic carbocycles. The van der Waals surface area contributed by atoms with E-state index in [4.69, 9.17) is 5.11 Å². The first-order chi connectivity index (χ1) is 9.06. The first-order valence-electron chi connectivity index (χ1n) is 5.99. The van der Waals surface area contributed by atoms with E-state index in [0.717, 1.165) is 11.0 Å². The SMILES string of the molecule is Cn1cnc2cc(NC(=O)CCCC(=O)O)ccc21. The Morgan fingerprint density at radius 2 is 2.16 bits per heavy atom. The van der Waals surface area contributed by atoms with Crippen LogP contribution in [0.4, 0.5) is 5.69 Å². The molecule has 6 nitrogen and oxygen atoms in total. The fourth-order valence-corrected chi connectivity index (χ4v) is 1.84. The number of hydrogen-bond donors (Lipinski definition) is 2. The monoisotopic (exact) mass is 261 g/mol. The van der Waals surface area contributed by atoms with Gasteiger partial charge in [0.05, 0.1) is 17.4 Å². The Bertz CT molecular complexity index is 619. The Morgan fingerprint density at radius 1 is 1.37 bits per heavy atom. The smallest absolute Gasteiger partial charge is 0.303 e. The number of imidazole rings is 1. The van der Waals surface area contributed by atoms with Gasteiger partial charge in [0.25, 0.3) is 0 Å². The van der Waals surface area contributed by atoms with Crippen molar-refractivity contribution >= 4 is 28.6 Å². The van der Waals surface area contributed by atoms with Crippen LogP contribution in [-0.2, 0) is 16.6 Å². The Balaban J connectivity index is 1.97. The van der Waals surface area contributed by atoms with Gasteiger partial charge in [0.2, 0.25) is 5.91 Å². The molecule has 6 heteroatoms. The minimum Gasteiger partial charge on any atom is -0.481 e. The summed E-state index contributed by atoms with van der Waals surface area (Å²) in [7, 11) is 1.90.